The van der Waals surface area contributed by atoms with E-state index in [0.717, 1.165) is 17.9 Å². The molecular formula is C15H22N2O2. The Labute approximate surface area is 114 Å². The molecule has 19 heavy (non-hydrogen) atoms. The molecule has 1 aliphatic carbocycles. The molecule has 0 spiro atoms. The van der Waals surface area contributed by atoms with Crippen LogP contribution >= 0.6 is 0 Å². The number of para-hydroxylation sites is 1. The van der Waals surface area contributed by atoms with Gasteiger partial charge in [0.15, 0.2) is 0 Å². The van der Waals surface area contributed by atoms with E-state index in [2.05, 4.69) is 5.32 Å². The second-order valence-electron chi connectivity index (χ2n) is 5.24. The predicted octanol–water partition coefficient (Wildman–Crippen LogP) is 1.79. The van der Waals surface area contributed by atoms with E-state index in [-0.39, 0.29) is 5.91 Å². The molecule has 0 radical (unpaired) electrons. The van der Waals surface area contributed by atoms with Crippen molar-refractivity contribution in [3.8, 4) is 5.75 Å². The highest BCUT2D eigenvalue weighted by molar-refractivity contribution is 5.86. The first-order chi connectivity index (χ1) is 9.08. The number of carbonyl (C=O) groups excluding carboxylic acids is 1. The van der Waals surface area contributed by atoms with Crippen LogP contribution in [0, 0.1) is 5.92 Å². The van der Waals surface area contributed by atoms with Crippen LogP contribution in [0.2, 0.25) is 0 Å². The predicted molar refractivity (Wildman–Crippen MR) is 74.9 cm³/mol. The number of carbonyl (C=O) groups is 1. The summed E-state index contributed by atoms with van der Waals surface area (Å²) < 4.78 is 5.61. The van der Waals surface area contributed by atoms with E-state index in [4.69, 9.17) is 10.5 Å². The SMILES string of the molecule is CCOc1ccccc1C(C)(NCC1CC1)C(N)=O. The second kappa shape index (κ2) is 5.61. The minimum atomic E-state index is -0.881. The van der Waals surface area contributed by atoms with Crippen molar-refractivity contribution in [3.05, 3.63) is 29.8 Å². The summed E-state index contributed by atoms with van der Waals surface area (Å²) in [5.74, 6) is 1.02. The summed E-state index contributed by atoms with van der Waals surface area (Å²) in [4.78, 5) is 11.9. The summed E-state index contributed by atoms with van der Waals surface area (Å²) in [6, 6.07) is 7.57. The Hall–Kier alpha value is -1.55. The van der Waals surface area contributed by atoms with Crippen molar-refractivity contribution < 1.29 is 9.53 Å². The molecule has 0 aliphatic heterocycles. The number of hydrogen-bond donors (Lipinski definition) is 2. The van der Waals surface area contributed by atoms with Crippen molar-refractivity contribution >= 4 is 5.91 Å². The summed E-state index contributed by atoms with van der Waals surface area (Å²) in [6.07, 6.45) is 2.46. The Balaban J connectivity index is 2.28. The third kappa shape index (κ3) is 3.07. The molecule has 0 aromatic heterocycles. The third-order valence-electron chi connectivity index (χ3n) is 3.66. The van der Waals surface area contributed by atoms with E-state index in [1.54, 1.807) is 0 Å². The lowest BCUT2D eigenvalue weighted by atomic mass is 9.90. The molecule has 0 saturated heterocycles. The minimum Gasteiger partial charge on any atom is -0.494 e. The molecule has 1 amide bonds. The standard InChI is InChI=1S/C15H22N2O2/c1-3-19-13-7-5-4-6-12(13)15(2,14(16)18)17-10-11-8-9-11/h4-7,11,17H,3,8-10H2,1-2H3,(H2,16,18). The van der Waals surface area contributed by atoms with Gasteiger partial charge < -0.3 is 10.5 Å². The summed E-state index contributed by atoms with van der Waals surface area (Å²) in [5.41, 5.74) is 5.55. The van der Waals surface area contributed by atoms with Gasteiger partial charge in [-0.3, -0.25) is 10.1 Å². The van der Waals surface area contributed by atoms with Crippen molar-refractivity contribution in [2.24, 2.45) is 11.7 Å². The maximum Gasteiger partial charge on any atom is 0.242 e. The van der Waals surface area contributed by atoms with E-state index >= 15 is 0 Å². The van der Waals surface area contributed by atoms with Gasteiger partial charge in [0.1, 0.15) is 11.3 Å². The fourth-order valence-corrected chi connectivity index (χ4v) is 2.15. The lowest BCUT2D eigenvalue weighted by Crippen LogP contribution is -2.51. The molecule has 1 saturated carbocycles. The number of nitrogens with two attached hydrogens (primary N) is 1. The van der Waals surface area contributed by atoms with Crippen molar-refractivity contribution in [3.63, 3.8) is 0 Å². The molecule has 1 aromatic carbocycles. The number of hydrogen-bond acceptors (Lipinski definition) is 3. The Bertz CT molecular complexity index is 457. The number of benzene rings is 1. The summed E-state index contributed by atoms with van der Waals surface area (Å²) >= 11 is 0. The average molecular weight is 262 g/mol. The first-order valence-corrected chi connectivity index (χ1v) is 6.85. The summed E-state index contributed by atoms with van der Waals surface area (Å²) in [5, 5.41) is 3.32. The smallest absolute Gasteiger partial charge is 0.242 e. The normalized spacial score (nSPS) is 17.8. The molecule has 3 N–H and O–H groups in total. The van der Waals surface area contributed by atoms with Gasteiger partial charge in [-0.15, -0.1) is 0 Å². The van der Waals surface area contributed by atoms with Gasteiger partial charge in [-0.1, -0.05) is 18.2 Å². The maximum absolute atomic E-state index is 11.9. The lowest BCUT2D eigenvalue weighted by Gasteiger charge is -2.29. The fourth-order valence-electron chi connectivity index (χ4n) is 2.15. The largest absolute Gasteiger partial charge is 0.494 e. The van der Waals surface area contributed by atoms with E-state index in [1.807, 2.05) is 38.1 Å². The van der Waals surface area contributed by atoms with Gasteiger partial charge in [-0.25, -0.2) is 0 Å². The molecule has 4 heteroatoms. The van der Waals surface area contributed by atoms with Gasteiger partial charge in [0.05, 0.1) is 6.61 Å². The first kappa shape index (κ1) is 13.9. The van der Waals surface area contributed by atoms with Crippen LogP contribution in [0.5, 0.6) is 5.75 Å². The van der Waals surface area contributed by atoms with Crippen molar-refractivity contribution in [1.82, 2.24) is 5.32 Å². The minimum absolute atomic E-state index is 0.375. The molecule has 4 nitrogen and oxygen atoms in total. The molecule has 104 valence electrons. The molecular weight excluding hydrogens is 240 g/mol. The summed E-state index contributed by atoms with van der Waals surface area (Å²) in [7, 11) is 0. The second-order valence-corrected chi connectivity index (χ2v) is 5.24. The van der Waals surface area contributed by atoms with E-state index in [1.165, 1.54) is 12.8 Å². The van der Waals surface area contributed by atoms with Crippen LogP contribution < -0.4 is 15.8 Å². The van der Waals surface area contributed by atoms with Gasteiger partial charge in [0, 0.05) is 5.56 Å². The quantitative estimate of drug-likeness (QED) is 0.787. The van der Waals surface area contributed by atoms with Crippen LogP contribution in [-0.2, 0) is 10.3 Å². The monoisotopic (exact) mass is 262 g/mol. The molecule has 1 atom stereocenters. The van der Waals surface area contributed by atoms with Gasteiger partial charge in [-0.2, -0.15) is 0 Å². The van der Waals surface area contributed by atoms with E-state index in [9.17, 15) is 4.79 Å². The number of rotatable bonds is 7. The van der Waals surface area contributed by atoms with Gasteiger partial charge >= 0.3 is 0 Å². The first-order valence-electron chi connectivity index (χ1n) is 6.85. The Kier molecular flexibility index (Phi) is 4.10. The zero-order valence-corrected chi connectivity index (χ0v) is 11.6. The topological polar surface area (TPSA) is 64.3 Å². The Morgan fingerprint density at radius 1 is 1.47 bits per heavy atom. The van der Waals surface area contributed by atoms with Crippen LogP contribution in [0.25, 0.3) is 0 Å². The lowest BCUT2D eigenvalue weighted by molar-refractivity contribution is -0.124. The number of nitrogens with one attached hydrogen (secondary N) is 1. The van der Waals surface area contributed by atoms with Gasteiger partial charge in [0.2, 0.25) is 5.91 Å². The van der Waals surface area contributed by atoms with Crippen LogP contribution in [0.3, 0.4) is 0 Å². The molecule has 0 heterocycles. The number of amides is 1. The van der Waals surface area contributed by atoms with Crippen LogP contribution in [0.4, 0.5) is 0 Å². The molecule has 1 aliphatic rings. The zero-order valence-electron chi connectivity index (χ0n) is 11.6. The molecule has 1 unspecified atom stereocenters. The highest BCUT2D eigenvalue weighted by atomic mass is 16.5. The van der Waals surface area contributed by atoms with Crippen LogP contribution in [-0.4, -0.2) is 19.1 Å². The average Bonchev–Trinajstić information content (AvgIpc) is 3.21. The van der Waals surface area contributed by atoms with Crippen molar-refractivity contribution in [2.75, 3.05) is 13.2 Å². The molecule has 0 bridgehead atoms. The van der Waals surface area contributed by atoms with Gasteiger partial charge in [0.25, 0.3) is 0 Å². The highest BCUT2D eigenvalue weighted by Crippen LogP contribution is 2.33. The Morgan fingerprint density at radius 2 is 2.16 bits per heavy atom. The van der Waals surface area contributed by atoms with Crippen molar-refractivity contribution in [2.45, 2.75) is 32.2 Å². The van der Waals surface area contributed by atoms with Gasteiger partial charge in [-0.05, 0) is 45.2 Å². The van der Waals surface area contributed by atoms with Crippen LogP contribution in [0.15, 0.2) is 24.3 Å². The van der Waals surface area contributed by atoms with E-state index < -0.39 is 5.54 Å². The van der Waals surface area contributed by atoms with E-state index in [0.29, 0.717) is 12.5 Å². The molecule has 1 fully saturated rings. The Morgan fingerprint density at radius 3 is 2.74 bits per heavy atom. The maximum atomic E-state index is 11.9. The third-order valence-corrected chi connectivity index (χ3v) is 3.66. The molecule has 2 rings (SSSR count). The number of primary amides is 1. The summed E-state index contributed by atoms with van der Waals surface area (Å²) in [6.45, 7) is 5.14. The highest BCUT2D eigenvalue weighted by Gasteiger charge is 2.37. The van der Waals surface area contributed by atoms with Crippen molar-refractivity contribution in [1.29, 1.82) is 0 Å². The fraction of sp³-hybridized carbons (Fsp3) is 0.533. The molecule has 1 aromatic rings. The number of ether oxygens (including phenoxy) is 1. The van der Waals surface area contributed by atoms with Crippen LogP contribution in [0.1, 0.15) is 32.3 Å². The zero-order chi connectivity index (χ0) is 13.9.